The number of pyridine rings is 5. The summed E-state index contributed by atoms with van der Waals surface area (Å²) in [5.74, 6) is -2.13. The maximum Gasteiger partial charge on any atom is 0.435 e. The van der Waals surface area contributed by atoms with E-state index in [0.29, 0.717) is 45.5 Å². The van der Waals surface area contributed by atoms with Gasteiger partial charge in [0.05, 0.1) is 46.1 Å². The van der Waals surface area contributed by atoms with Crippen molar-refractivity contribution in [3.63, 3.8) is 0 Å². The number of hydrogen-bond donors (Lipinski definition) is 10. The first-order valence-corrected chi connectivity index (χ1v) is 41.6. The summed E-state index contributed by atoms with van der Waals surface area (Å²) in [6.45, 7) is 17.9. The highest BCUT2D eigenvalue weighted by Crippen LogP contribution is 2.38. The number of aromatic nitrogens is 15. The Hall–Kier alpha value is -16.8. The van der Waals surface area contributed by atoms with Crippen LogP contribution in [-0.4, -0.2) is 103 Å². The Bertz CT molecular complexity index is 6920. The molecule has 0 aliphatic heterocycles. The molecule has 5 aromatic carbocycles. The van der Waals surface area contributed by atoms with E-state index in [9.17, 15) is 59.1 Å². The Balaban J connectivity index is 0.000000151. The smallest absolute Gasteiger partial charge is 0.383 e. The molecule has 5 amide bonds. The third kappa shape index (κ3) is 23.3. The van der Waals surface area contributed by atoms with Crippen LogP contribution in [0.2, 0.25) is 0 Å². The molecule has 134 heavy (non-hydrogen) atoms. The van der Waals surface area contributed by atoms with E-state index in [1.807, 2.05) is 139 Å². The number of fused-ring (bicyclic) bond motifs is 1. The van der Waals surface area contributed by atoms with Crippen molar-refractivity contribution in [3.8, 4) is 56.3 Å². The van der Waals surface area contributed by atoms with Crippen LogP contribution < -0.4 is 55.3 Å². The number of alkyl halides is 6. The molecule has 0 aliphatic rings. The third-order valence-electron chi connectivity index (χ3n) is 20.7. The molecule has 11 heterocycles. The molecule has 16 aromatic rings. The lowest BCUT2D eigenvalue weighted by Gasteiger charge is -2.19. The lowest BCUT2D eigenvalue weighted by atomic mass is 9.87. The van der Waals surface area contributed by atoms with Crippen LogP contribution in [0.4, 0.5) is 93.3 Å². The molecule has 0 bridgehead atoms. The lowest BCUT2D eigenvalue weighted by Crippen LogP contribution is -2.17. The van der Waals surface area contributed by atoms with Gasteiger partial charge in [-0.3, -0.25) is 42.7 Å². The molecule has 690 valence electrons. The number of nitrogen functional groups attached to an aromatic ring is 5. The predicted octanol–water partition coefficient (Wildman–Crippen LogP) is 18.3. The monoisotopic (exact) mass is 1830 g/mol. The highest BCUT2D eigenvalue weighted by Gasteiger charge is 2.37. The molecule has 0 saturated carbocycles. The zero-order chi connectivity index (χ0) is 96.8. The van der Waals surface area contributed by atoms with Gasteiger partial charge in [-0.1, -0.05) is 112 Å². The van der Waals surface area contributed by atoms with E-state index in [1.54, 1.807) is 60.7 Å². The quantitative estimate of drug-likeness (QED) is 0.0336. The highest BCUT2D eigenvalue weighted by atomic mass is 19.4. The molecule has 16 rings (SSSR count). The highest BCUT2D eigenvalue weighted by molar-refractivity contribution is 6.07. The predicted molar refractivity (Wildman–Crippen MR) is 498 cm³/mol. The Morgan fingerprint density at radius 3 is 1.11 bits per heavy atom. The molecule has 0 unspecified atom stereocenters. The van der Waals surface area contributed by atoms with E-state index >= 15 is 0 Å². The topological polar surface area (TPSA) is 442 Å². The van der Waals surface area contributed by atoms with E-state index in [4.69, 9.17) is 33.2 Å². The number of nitrogens with one attached hydrogen (secondary N) is 5. The summed E-state index contributed by atoms with van der Waals surface area (Å²) in [7, 11) is 4.68. The number of benzene rings is 5. The minimum Gasteiger partial charge on any atom is -0.383 e. The van der Waals surface area contributed by atoms with Crippen LogP contribution in [0.25, 0.3) is 67.2 Å². The number of halogens is 8. The Labute approximate surface area is 762 Å². The van der Waals surface area contributed by atoms with E-state index < -0.39 is 52.8 Å². The summed E-state index contributed by atoms with van der Waals surface area (Å²) >= 11 is 0. The average molecular weight is 1830 g/mol. The number of nitrogens with zero attached hydrogens (tertiary/aromatic N) is 15. The van der Waals surface area contributed by atoms with Crippen LogP contribution in [0.15, 0.2) is 229 Å². The van der Waals surface area contributed by atoms with Gasteiger partial charge in [-0.05, 0) is 190 Å². The van der Waals surface area contributed by atoms with Gasteiger partial charge in [0.2, 0.25) is 5.76 Å². The molecular formula is C95H93F8N25O6. The number of rotatable bonds is 19. The van der Waals surface area contributed by atoms with E-state index in [0.717, 1.165) is 121 Å². The van der Waals surface area contributed by atoms with Crippen molar-refractivity contribution in [1.29, 1.82) is 0 Å². The fourth-order valence-electron chi connectivity index (χ4n) is 13.7. The summed E-state index contributed by atoms with van der Waals surface area (Å²) in [4.78, 5) is 82.0. The summed E-state index contributed by atoms with van der Waals surface area (Å²) in [6.07, 6.45) is -6.10. The number of carbonyl (C=O) groups is 5. The number of aryl methyl sites for hydroxylation is 8. The fraction of sp³-hybridized carbons (Fsp3) is 0.189. The second kappa shape index (κ2) is 41.3. The number of carbonyl (C=O) groups excluding carboxylic acids is 5. The second-order valence-electron chi connectivity index (χ2n) is 31.1. The van der Waals surface area contributed by atoms with Gasteiger partial charge in [0, 0.05) is 95.7 Å². The fourth-order valence-corrected chi connectivity index (χ4v) is 13.7. The summed E-state index contributed by atoms with van der Waals surface area (Å²) in [5, 5.41) is 33.5. The van der Waals surface area contributed by atoms with Crippen molar-refractivity contribution >= 4 is 98.6 Å². The standard InChI is InChI=1S/C21H22F3N5O.C21H16F2N4O.C20H23N5O.C19H21N5O.C14H11F3N6O2/c1-20(2,3)13-7-5-12(6-8-13)19(30)27-17-10-9-14(18(25)26-17)15-11-16(21(22,23)24)28-29(15)4;1-27-16-8-3-2-5-12(16)11-17(27)13-9-10-18(25-20(13)24)26-21(28)19-14(22)6-4-7-15(19)23;1-4-15-12-17(25(5-2)24-15)16-10-11-18(22-19(16)21)23-20(26)14-8-6-13(3)7-9-14;1-3-14-12-16(24(4-2)23-14)15-10-11-17(21-18(15)20)22-19(25)13-8-6-5-7-9-13;1-23-8(6-10(22-23)14(15,16)17)7-2-3-11(20-12(7)18)21-13(24)9-4-5-19-25-9/h5-11H,1-4H3,(H3,25,26,27,30);2-11H,1H3,(H3,24,25,26,28);6-12H,4-5H2,1-3H3,(H3,21,22,23,26);5-12H,3-4H2,1-2H3,(H3,20,21,22,25);2-6H,1H3,(H3,18,20,21,24). The van der Waals surface area contributed by atoms with Gasteiger partial charge in [0.15, 0.2) is 11.4 Å². The van der Waals surface area contributed by atoms with Crippen molar-refractivity contribution in [1.82, 2.24) is 73.8 Å². The zero-order valence-corrected chi connectivity index (χ0v) is 74.3. The Morgan fingerprint density at radius 1 is 0.388 bits per heavy atom. The van der Waals surface area contributed by atoms with E-state index in [-0.39, 0.29) is 86.3 Å². The van der Waals surface area contributed by atoms with Gasteiger partial charge in [-0.15, -0.1) is 0 Å². The van der Waals surface area contributed by atoms with Gasteiger partial charge in [0.25, 0.3) is 29.5 Å². The van der Waals surface area contributed by atoms with E-state index in [1.165, 1.54) is 56.7 Å². The van der Waals surface area contributed by atoms with Gasteiger partial charge >= 0.3 is 12.4 Å². The summed E-state index contributed by atoms with van der Waals surface area (Å²) in [5.41, 5.74) is 40.2. The van der Waals surface area contributed by atoms with Crippen LogP contribution in [0, 0.1) is 18.6 Å². The summed E-state index contributed by atoms with van der Waals surface area (Å²) < 4.78 is 117. The molecule has 0 aliphatic carbocycles. The molecule has 31 nitrogen and oxygen atoms in total. The molecule has 39 heteroatoms. The molecule has 0 spiro atoms. The number of amides is 5. The van der Waals surface area contributed by atoms with Gasteiger partial charge < -0.3 is 64.3 Å². The van der Waals surface area contributed by atoms with Crippen molar-refractivity contribution < 1.29 is 63.6 Å². The van der Waals surface area contributed by atoms with Gasteiger partial charge in [-0.25, -0.2) is 33.7 Å². The van der Waals surface area contributed by atoms with Crippen LogP contribution in [0.1, 0.15) is 134 Å². The van der Waals surface area contributed by atoms with Gasteiger partial charge in [-0.2, -0.15) is 46.7 Å². The maximum atomic E-state index is 13.8. The number of nitrogens with two attached hydrogens (primary N) is 5. The number of hydrogen-bond acceptors (Lipinski definition) is 21. The first kappa shape index (κ1) is 96.3. The molecule has 11 aromatic heterocycles. The maximum absolute atomic E-state index is 13.8. The Morgan fingerprint density at radius 2 is 0.754 bits per heavy atom. The molecule has 15 N–H and O–H groups in total. The van der Waals surface area contributed by atoms with Crippen molar-refractivity contribution in [2.45, 2.75) is 99.1 Å². The molecule has 0 saturated heterocycles. The number of para-hydroxylation sites is 1. The van der Waals surface area contributed by atoms with Crippen molar-refractivity contribution in [3.05, 3.63) is 298 Å². The summed E-state index contributed by atoms with van der Waals surface area (Å²) in [6, 6.07) is 60.2. The average Bonchev–Trinajstić information content (AvgIpc) is 1.60. The lowest BCUT2D eigenvalue weighted by molar-refractivity contribution is -0.142. The molecular weight excluding hydrogens is 1740 g/mol. The van der Waals surface area contributed by atoms with Crippen molar-refractivity contribution in [2.75, 3.05) is 55.3 Å². The van der Waals surface area contributed by atoms with Gasteiger partial charge in [0.1, 0.15) is 75.4 Å². The van der Waals surface area contributed by atoms with Crippen LogP contribution >= 0.6 is 0 Å². The van der Waals surface area contributed by atoms with Crippen LogP contribution in [-0.2, 0) is 64.8 Å². The molecule has 0 radical (unpaired) electrons. The van der Waals surface area contributed by atoms with Crippen molar-refractivity contribution in [2.24, 2.45) is 21.1 Å². The molecule has 0 atom stereocenters. The zero-order valence-electron chi connectivity index (χ0n) is 74.3. The minimum atomic E-state index is -4.57. The Kier molecular flexibility index (Phi) is 29.7. The minimum absolute atomic E-state index is 0.0207. The third-order valence-corrected chi connectivity index (χ3v) is 20.7. The second-order valence-corrected chi connectivity index (χ2v) is 31.1. The first-order valence-electron chi connectivity index (χ1n) is 41.6. The normalized spacial score (nSPS) is 11.2. The van der Waals surface area contributed by atoms with Crippen LogP contribution in [0.5, 0.6) is 0 Å². The largest absolute Gasteiger partial charge is 0.435 e. The first-order chi connectivity index (χ1) is 63.7. The molecule has 0 fully saturated rings. The SMILES string of the molecule is CCc1cc(-c2ccc(NC(=O)c3ccc(C)cc3)nc2N)n(CC)n1.CCc1cc(-c2ccc(NC(=O)c3ccccc3)nc2N)n(CC)n1.Cn1c(-c2ccc(NC(=O)c3c(F)cccc3F)nc2N)cc2ccccc21.Cn1nc(C(F)(F)F)cc1-c1ccc(NC(=O)c2ccc(C(C)(C)C)cc2)nc1N.Cn1nc(C(F)(F)F)cc1-c1ccc(NC(=O)c2ccno2)nc1N. The van der Waals surface area contributed by atoms with E-state index in [2.05, 4.69) is 112 Å². The number of anilines is 10. The van der Waals surface area contributed by atoms with Crippen LogP contribution in [0.3, 0.4) is 0 Å².